The van der Waals surface area contributed by atoms with Crippen molar-refractivity contribution in [1.29, 1.82) is 0 Å². The molecule has 0 fully saturated rings. The Kier molecular flexibility index (Phi) is 5.88. The Morgan fingerprint density at radius 2 is 2.07 bits per heavy atom. The number of allylic oxidation sites excluding steroid dienone is 2. The molecule has 2 aromatic rings. The van der Waals surface area contributed by atoms with E-state index in [2.05, 4.69) is 70.8 Å². The first-order chi connectivity index (χ1) is 14.5. The standard InChI is InChI=1S/C25H28N2O3/c1-16-5-3-6-18(13-16)25-20-8-4-7-19(20)21-14-17(9-10-22(21)27-25)15-23(28)26-12-11-24(29)30-2/h3-7,9-10,13-14,19-20,25,27H,8,11-12,15H2,1-2H3,(H,26,28). The number of hydrogen-bond acceptors (Lipinski definition) is 4. The van der Waals surface area contributed by atoms with Gasteiger partial charge in [-0.3, -0.25) is 9.59 Å². The average Bonchev–Trinajstić information content (AvgIpc) is 3.23. The normalized spacial score (nSPS) is 21.3. The minimum absolute atomic E-state index is 0.0845. The summed E-state index contributed by atoms with van der Waals surface area (Å²) in [5.41, 5.74) is 5.99. The first-order valence-electron chi connectivity index (χ1n) is 10.5. The number of nitrogens with one attached hydrogen (secondary N) is 2. The van der Waals surface area contributed by atoms with Crippen LogP contribution in [-0.2, 0) is 20.7 Å². The van der Waals surface area contributed by atoms with Crippen molar-refractivity contribution in [1.82, 2.24) is 5.32 Å². The van der Waals surface area contributed by atoms with Crippen LogP contribution in [0.2, 0.25) is 0 Å². The van der Waals surface area contributed by atoms with E-state index in [-0.39, 0.29) is 24.3 Å². The maximum atomic E-state index is 12.3. The first-order valence-corrected chi connectivity index (χ1v) is 10.5. The lowest BCUT2D eigenvalue weighted by Gasteiger charge is -2.38. The predicted octanol–water partition coefficient (Wildman–Crippen LogP) is 4.04. The van der Waals surface area contributed by atoms with Crippen LogP contribution in [-0.4, -0.2) is 25.5 Å². The van der Waals surface area contributed by atoms with Crippen molar-refractivity contribution in [2.45, 2.75) is 38.1 Å². The van der Waals surface area contributed by atoms with Crippen LogP contribution in [0.15, 0.2) is 54.6 Å². The molecule has 0 bridgehead atoms. The molecule has 1 heterocycles. The second-order valence-corrected chi connectivity index (χ2v) is 8.16. The molecule has 2 N–H and O–H groups in total. The van der Waals surface area contributed by atoms with Crippen molar-refractivity contribution < 1.29 is 14.3 Å². The molecule has 1 amide bonds. The molecule has 0 saturated heterocycles. The number of fused-ring (bicyclic) bond motifs is 3. The Labute approximate surface area is 177 Å². The molecule has 5 nitrogen and oxygen atoms in total. The maximum absolute atomic E-state index is 12.3. The monoisotopic (exact) mass is 404 g/mol. The number of aryl methyl sites for hydroxylation is 1. The largest absolute Gasteiger partial charge is 0.469 e. The van der Waals surface area contributed by atoms with Gasteiger partial charge in [0.1, 0.15) is 0 Å². The molecule has 2 aliphatic rings. The third-order valence-corrected chi connectivity index (χ3v) is 6.07. The highest BCUT2D eigenvalue weighted by atomic mass is 16.5. The van der Waals surface area contributed by atoms with Gasteiger partial charge in [0, 0.05) is 18.2 Å². The molecule has 3 atom stereocenters. The number of carbonyl (C=O) groups excluding carboxylic acids is 2. The smallest absolute Gasteiger partial charge is 0.307 e. The Bertz CT molecular complexity index is 982. The van der Waals surface area contributed by atoms with Gasteiger partial charge in [0.2, 0.25) is 5.91 Å². The second kappa shape index (κ2) is 8.74. The Balaban J connectivity index is 1.49. The zero-order chi connectivity index (χ0) is 21.1. The number of benzene rings is 2. The number of carbonyl (C=O) groups is 2. The number of esters is 1. The summed E-state index contributed by atoms with van der Waals surface area (Å²) < 4.78 is 4.60. The summed E-state index contributed by atoms with van der Waals surface area (Å²) >= 11 is 0. The van der Waals surface area contributed by atoms with Gasteiger partial charge >= 0.3 is 5.97 Å². The van der Waals surface area contributed by atoms with E-state index >= 15 is 0 Å². The van der Waals surface area contributed by atoms with Crippen LogP contribution in [0.25, 0.3) is 0 Å². The van der Waals surface area contributed by atoms with Gasteiger partial charge in [0.25, 0.3) is 0 Å². The topological polar surface area (TPSA) is 67.4 Å². The van der Waals surface area contributed by atoms with E-state index in [1.165, 1.54) is 23.8 Å². The van der Waals surface area contributed by atoms with Gasteiger partial charge in [-0.15, -0.1) is 0 Å². The molecule has 1 aliphatic heterocycles. The Hall–Kier alpha value is -3.08. The summed E-state index contributed by atoms with van der Waals surface area (Å²) in [6.45, 7) is 2.43. The first kappa shape index (κ1) is 20.2. The van der Waals surface area contributed by atoms with E-state index in [4.69, 9.17) is 0 Å². The molecule has 30 heavy (non-hydrogen) atoms. The van der Waals surface area contributed by atoms with Gasteiger partial charge in [-0.2, -0.15) is 0 Å². The Morgan fingerprint density at radius 3 is 2.87 bits per heavy atom. The molecule has 4 rings (SSSR count). The van der Waals surface area contributed by atoms with E-state index in [0.717, 1.165) is 17.7 Å². The van der Waals surface area contributed by atoms with Crippen molar-refractivity contribution in [2.24, 2.45) is 5.92 Å². The predicted molar refractivity (Wildman–Crippen MR) is 117 cm³/mol. The van der Waals surface area contributed by atoms with Gasteiger partial charge in [-0.25, -0.2) is 0 Å². The maximum Gasteiger partial charge on any atom is 0.307 e. The van der Waals surface area contributed by atoms with Crippen LogP contribution < -0.4 is 10.6 Å². The van der Waals surface area contributed by atoms with E-state index in [1.807, 2.05) is 6.07 Å². The van der Waals surface area contributed by atoms with Crippen molar-refractivity contribution in [3.05, 3.63) is 76.9 Å². The lowest BCUT2D eigenvalue weighted by Crippen LogP contribution is -2.30. The molecule has 5 heteroatoms. The van der Waals surface area contributed by atoms with Crippen molar-refractivity contribution in [2.75, 3.05) is 19.0 Å². The van der Waals surface area contributed by atoms with E-state index in [9.17, 15) is 9.59 Å². The number of ether oxygens (including phenoxy) is 1. The highest BCUT2D eigenvalue weighted by molar-refractivity contribution is 5.79. The third-order valence-electron chi connectivity index (χ3n) is 6.07. The van der Waals surface area contributed by atoms with Crippen LogP contribution in [0.3, 0.4) is 0 Å². The fraction of sp³-hybridized carbons (Fsp3) is 0.360. The molecule has 1 aliphatic carbocycles. The summed E-state index contributed by atoms with van der Waals surface area (Å²) in [6.07, 6.45) is 6.13. The zero-order valence-corrected chi connectivity index (χ0v) is 17.5. The lowest BCUT2D eigenvalue weighted by atomic mass is 9.76. The van der Waals surface area contributed by atoms with Crippen LogP contribution in [0.5, 0.6) is 0 Å². The highest BCUT2D eigenvalue weighted by Gasteiger charge is 2.37. The summed E-state index contributed by atoms with van der Waals surface area (Å²) in [6, 6.07) is 15.3. The molecule has 0 spiro atoms. The quantitative estimate of drug-likeness (QED) is 0.563. The van der Waals surface area contributed by atoms with Gasteiger partial charge in [0.15, 0.2) is 0 Å². The lowest BCUT2D eigenvalue weighted by molar-refractivity contribution is -0.140. The van der Waals surface area contributed by atoms with E-state index in [0.29, 0.717) is 24.8 Å². The summed E-state index contributed by atoms with van der Waals surface area (Å²) in [5.74, 6) is 0.425. The summed E-state index contributed by atoms with van der Waals surface area (Å²) in [4.78, 5) is 23.4. The van der Waals surface area contributed by atoms with Crippen LogP contribution in [0.1, 0.15) is 47.1 Å². The van der Waals surface area contributed by atoms with Crippen LogP contribution in [0.4, 0.5) is 5.69 Å². The fourth-order valence-corrected chi connectivity index (χ4v) is 4.60. The molecule has 0 radical (unpaired) electrons. The van der Waals surface area contributed by atoms with Crippen molar-refractivity contribution in [3.63, 3.8) is 0 Å². The van der Waals surface area contributed by atoms with Gasteiger partial charge in [-0.05, 0) is 42.0 Å². The molecule has 0 aromatic heterocycles. The minimum Gasteiger partial charge on any atom is -0.469 e. The van der Waals surface area contributed by atoms with Crippen LogP contribution >= 0.6 is 0 Å². The molecule has 0 saturated carbocycles. The second-order valence-electron chi connectivity index (χ2n) is 8.16. The number of anilines is 1. The fourth-order valence-electron chi connectivity index (χ4n) is 4.60. The van der Waals surface area contributed by atoms with Crippen molar-refractivity contribution in [3.8, 4) is 0 Å². The number of amides is 1. The number of hydrogen-bond donors (Lipinski definition) is 2. The van der Waals surface area contributed by atoms with E-state index < -0.39 is 0 Å². The molecule has 2 aromatic carbocycles. The average molecular weight is 405 g/mol. The third kappa shape index (κ3) is 4.25. The van der Waals surface area contributed by atoms with Gasteiger partial charge < -0.3 is 15.4 Å². The molecule has 3 unspecified atom stereocenters. The Morgan fingerprint density at radius 1 is 1.20 bits per heavy atom. The molecule has 156 valence electrons. The van der Waals surface area contributed by atoms with Gasteiger partial charge in [-0.1, -0.05) is 54.1 Å². The number of rotatable bonds is 6. The summed E-state index contributed by atoms with van der Waals surface area (Å²) in [7, 11) is 1.35. The summed E-state index contributed by atoms with van der Waals surface area (Å²) in [5, 5.41) is 6.54. The van der Waals surface area contributed by atoms with Crippen molar-refractivity contribution >= 4 is 17.6 Å². The van der Waals surface area contributed by atoms with Crippen LogP contribution in [0, 0.1) is 12.8 Å². The van der Waals surface area contributed by atoms with Gasteiger partial charge in [0.05, 0.1) is 26.0 Å². The zero-order valence-electron chi connectivity index (χ0n) is 17.5. The minimum atomic E-state index is -0.322. The SMILES string of the molecule is COC(=O)CCNC(=O)Cc1ccc2c(c1)C1C=CCC1C(c1cccc(C)c1)N2. The van der Waals surface area contributed by atoms with E-state index in [1.54, 1.807) is 0 Å². The molecular formula is C25H28N2O3. The number of methoxy groups -OCH3 is 1. The molecular weight excluding hydrogens is 376 g/mol. The highest BCUT2D eigenvalue weighted by Crippen LogP contribution is 2.50.